The van der Waals surface area contributed by atoms with Gasteiger partial charge in [-0.3, -0.25) is 4.55 Å². The number of benzene rings is 3. The van der Waals surface area contributed by atoms with Crippen LogP contribution in [0.25, 0.3) is 0 Å². The van der Waals surface area contributed by atoms with Gasteiger partial charge in [-0.05, 0) is 42.0 Å². The molecule has 0 aromatic heterocycles. The minimum absolute atomic E-state index is 0.106. The van der Waals surface area contributed by atoms with Gasteiger partial charge < -0.3 is 10.2 Å². The zero-order valence-corrected chi connectivity index (χ0v) is 18.1. The Balaban J connectivity index is 2.71. The van der Waals surface area contributed by atoms with Crippen LogP contribution in [-0.2, 0) is 14.9 Å². The molecule has 0 saturated heterocycles. The molecule has 3 rings (SSSR count). The molecule has 0 aliphatic heterocycles. The Bertz CT molecular complexity index is 1190. The highest BCUT2D eigenvalue weighted by Crippen LogP contribution is 2.55. The minimum atomic E-state index is -5.19. The summed E-state index contributed by atoms with van der Waals surface area (Å²) in [4.78, 5) is 0. The molecule has 3 N–H and O–H groups in total. The highest BCUT2D eigenvalue weighted by atomic mass is 35.5. The van der Waals surface area contributed by atoms with Gasteiger partial charge in [-0.15, -0.1) is 0 Å². The SMILES string of the molecule is O=S(=O)(O)C(c1cccc(Cl)c1)(c1c(Cl)cccc1Cl)c1c(Cl)ccc(O)c1O. The maximum atomic E-state index is 13.0. The standard InChI is InChI=1S/C19H12Cl4O5S/c20-11-4-1-3-10(9-11)19(29(26,27)28,16-12(21)5-2-6-13(16)22)17-14(23)7-8-15(24)18(17)25/h1-9,24-25H,(H,26,27,28). The Morgan fingerprint density at radius 3 is 1.86 bits per heavy atom. The molecule has 0 amide bonds. The van der Waals surface area contributed by atoms with E-state index in [0.29, 0.717) is 0 Å². The minimum Gasteiger partial charge on any atom is -0.504 e. The molecule has 5 nitrogen and oxygen atoms in total. The van der Waals surface area contributed by atoms with Gasteiger partial charge in [0.1, 0.15) is 0 Å². The number of aromatic hydroxyl groups is 2. The molecule has 152 valence electrons. The van der Waals surface area contributed by atoms with Crippen molar-refractivity contribution in [1.29, 1.82) is 0 Å². The van der Waals surface area contributed by atoms with Gasteiger partial charge in [0, 0.05) is 26.2 Å². The lowest BCUT2D eigenvalue weighted by atomic mass is 9.83. The van der Waals surface area contributed by atoms with Crippen LogP contribution in [0.3, 0.4) is 0 Å². The fourth-order valence-corrected chi connectivity index (χ4v) is 5.95. The Labute approximate surface area is 186 Å². The van der Waals surface area contributed by atoms with Gasteiger partial charge in [0.05, 0.1) is 5.02 Å². The second-order valence-corrected chi connectivity index (χ2v) is 9.27. The van der Waals surface area contributed by atoms with Crippen molar-refractivity contribution in [3.05, 3.63) is 91.4 Å². The van der Waals surface area contributed by atoms with E-state index in [0.717, 1.165) is 6.07 Å². The Kier molecular flexibility index (Phi) is 5.98. The second kappa shape index (κ2) is 7.87. The zero-order chi connectivity index (χ0) is 21.6. The lowest BCUT2D eigenvalue weighted by Crippen LogP contribution is -2.39. The smallest absolute Gasteiger partial charge is 0.283 e. The predicted octanol–water partition coefficient (Wildman–Crippen LogP) is 5.89. The molecule has 0 aliphatic rings. The van der Waals surface area contributed by atoms with Crippen LogP contribution in [0.15, 0.2) is 54.6 Å². The number of hydrogen-bond donors (Lipinski definition) is 3. The van der Waals surface area contributed by atoms with E-state index < -0.39 is 31.9 Å². The summed E-state index contributed by atoms with van der Waals surface area (Å²) in [5.41, 5.74) is -0.903. The van der Waals surface area contributed by atoms with E-state index in [1.807, 2.05) is 0 Å². The molecule has 0 bridgehead atoms. The first kappa shape index (κ1) is 22.0. The first-order chi connectivity index (χ1) is 13.5. The Morgan fingerprint density at radius 1 is 0.759 bits per heavy atom. The van der Waals surface area contributed by atoms with Crippen molar-refractivity contribution in [1.82, 2.24) is 0 Å². The van der Waals surface area contributed by atoms with Crippen molar-refractivity contribution in [2.75, 3.05) is 0 Å². The van der Waals surface area contributed by atoms with Crippen molar-refractivity contribution in [3.63, 3.8) is 0 Å². The van der Waals surface area contributed by atoms with Crippen LogP contribution in [0.1, 0.15) is 16.7 Å². The molecular weight excluding hydrogens is 482 g/mol. The van der Waals surface area contributed by atoms with Crippen molar-refractivity contribution < 1.29 is 23.2 Å². The third-order valence-electron chi connectivity index (χ3n) is 4.39. The maximum absolute atomic E-state index is 13.0. The van der Waals surface area contributed by atoms with E-state index in [2.05, 4.69) is 0 Å². The Morgan fingerprint density at radius 2 is 1.31 bits per heavy atom. The van der Waals surface area contributed by atoms with Crippen LogP contribution in [0.2, 0.25) is 20.1 Å². The van der Waals surface area contributed by atoms with Crippen LogP contribution in [0.5, 0.6) is 11.5 Å². The van der Waals surface area contributed by atoms with Crippen molar-refractivity contribution in [2.45, 2.75) is 4.75 Å². The first-order valence-corrected chi connectivity index (χ1v) is 10.9. The topological polar surface area (TPSA) is 94.8 Å². The quantitative estimate of drug-likeness (QED) is 0.239. The van der Waals surface area contributed by atoms with Crippen LogP contribution in [-0.4, -0.2) is 23.2 Å². The van der Waals surface area contributed by atoms with Crippen LogP contribution in [0, 0.1) is 0 Å². The van der Waals surface area contributed by atoms with Gasteiger partial charge in [0.15, 0.2) is 16.2 Å². The van der Waals surface area contributed by atoms with E-state index >= 15 is 0 Å². The van der Waals surface area contributed by atoms with Crippen molar-refractivity contribution in [2.24, 2.45) is 0 Å². The highest BCUT2D eigenvalue weighted by Gasteiger charge is 2.54. The lowest BCUT2D eigenvalue weighted by molar-refractivity contribution is 0.394. The van der Waals surface area contributed by atoms with Gasteiger partial charge >= 0.3 is 0 Å². The number of rotatable bonds is 4. The number of halogens is 4. The molecule has 3 aromatic rings. The first-order valence-electron chi connectivity index (χ1n) is 7.90. The molecule has 3 aromatic carbocycles. The summed E-state index contributed by atoms with van der Waals surface area (Å²) >= 11 is 25.0. The molecule has 0 fully saturated rings. The summed E-state index contributed by atoms with van der Waals surface area (Å²) in [5.74, 6) is -1.53. The zero-order valence-electron chi connectivity index (χ0n) is 14.3. The molecule has 0 aliphatic carbocycles. The van der Waals surface area contributed by atoms with E-state index in [1.54, 1.807) is 0 Å². The van der Waals surface area contributed by atoms with Gasteiger partial charge in [0.2, 0.25) is 0 Å². The molecule has 0 saturated carbocycles. The van der Waals surface area contributed by atoms with Crippen molar-refractivity contribution >= 4 is 56.5 Å². The molecule has 1 unspecified atom stereocenters. The summed E-state index contributed by atoms with van der Waals surface area (Å²) in [6.45, 7) is 0. The fourth-order valence-electron chi connectivity index (χ4n) is 3.25. The van der Waals surface area contributed by atoms with E-state index in [-0.39, 0.29) is 31.2 Å². The third kappa shape index (κ3) is 3.54. The van der Waals surface area contributed by atoms with Crippen LogP contribution < -0.4 is 0 Å². The van der Waals surface area contributed by atoms with E-state index in [1.165, 1.54) is 48.5 Å². The molecule has 0 spiro atoms. The predicted molar refractivity (Wildman–Crippen MR) is 114 cm³/mol. The highest BCUT2D eigenvalue weighted by molar-refractivity contribution is 7.87. The molecule has 0 heterocycles. The van der Waals surface area contributed by atoms with Crippen molar-refractivity contribution in [3.8, 4) is 11.5 Å². The molecular formula is C19H12Cl4O5S. The number of phenolic OH excluding ortho intramolecular Hbond substituents is 2. The Hall–Kier alpha value is -1.67. The van der Waals surface area contributed by atoms with Gasteiger partial charge in [0.25, 0.3) is 10.1 Å². The van der Waals surface area contributed by atoms with Crippen LogP contribution in [0.4, 0.5) is 0 Å². The summed E-state index contributed by atoms with van der Waals surface area (Å²) in [5, 5.41) is 20.3. The van der Waals surface area contributed by atoms with Gasteiger partial charge in [-0.1, -0.05) is 64.6 Å². The number of phenols is 2. The van der Waals surface area contributed by atoms with Gasteiger partial charge in [-0.25, -0.2) is 0 Å². The van der Waals surface area contributed by atoms with Crippen LogP contribution >= 0.6 is 46.4 Å². The third-order valence-corrected chi connectivity index (χ3v) is 6.99. The molecule has 0 radical (unpaired) electrons. The molecule has 29 heavy (non-hydrogen) atoms. The summed E-state index contributed by atoms with van der Waals surface area (Å²) in [6.07, 6.45) is 0. The van der Waals surface area contributed by atoms with E-state index in [9.17, 15) is 23.2 Å². The number of hydrogen-bond acceptors (Lipinski definition) is 4. The summed E-state index contributed by atoms with van der Waals surface area (Å²) in [7, 11) is -5.19. The summed E-state index contributed by atoms with van der Waals surface area (Å²) in [6, 6.07) is 12.0. The maximum Gasteiger partial charge on any atom is 0.283 e. The lowest BCUT2D eigenvalue weighted by Gasteiger charge is -2.35. The fraction of sp³-hybridized carbons (Fsp3) is 0.0526. The van der Waals surface area contributed by atoms with Gasteiger partial charge in [-0.2, -0.15) is 8.42 Å². The second-order valence-electron chi connectivity index (χ2n) is 6.05. The average molecular weight is 494 g/mol. The monoisotopic (exact) mass is 492 g/mol. The average Bonchev–Trinajstić information content (AvgIpc) is 2.62. The summed E-state index contributed by atoms with van der Waals surface area (Å²) < 4.78 is 34.0. The molecule has 1 atom stereocenters. The molecule has 10 heteroatoms. The van der Waals surface area contributed by atoms with E-state index in [4.69, 9.17) is 46.4 Å². The largest absolute Gasteiger partial charge is 0.504 e. The normalized spacial score (nSPS) is 13.8.